The zero-order valence-corrected chi connectivity index (χ0v) is 10.8. The van der Waals surface area contributed by atoms with E-state index in [0.29, 0.717) is 5.92 Å². The second-order valence-corrected chi connectivity index (χ2v) is 4.84. The van der Waals surface area contributed by atoms with Gasteiger partial charge in [0.1, 0.15) is 0 Å². The minimum Gasteiger partial charge on any atom is -0.389 e. The lowest BCUT2D eigenvalue weighted by molar-refractivity contribution is 0.199. The van der Waals surface area contributed by atoms with E-state index in [0.717, 1.165) is 17.8 Å². The fourth-order valence-electron chi connectivity index (χ4n) is 1.76. The van der Waals surface area contributed by atoms with Gasteiger partial charge in [0.05, 0.1) is 6.10 Å². The summed E-state index contributed by atoms with van der Waals surface area (Å²) < 4.78 is 0. The molecule has 1 atom stereocenters. The summed E-state index contributed by atoms with van der Waals surface area (Å²) in [6.07, 6.45) is 0.766. The van der Waals surface area contributed by atoms with E-state index in [2.05, 4.69) is 31.9 Å². The summed E-state index contributed by atoms with van der Waals surface area (Å²) in [5.41, 5.74) is 2.15. The van der Waals surface area contributed by atoms with Crippen molar-refractivity contribution in [2.75, 3.05) is 18.5 Å². The van der Waals surface area contributed by atoms with Crippen molar-refractivity contribution < 1.29 is 5.11 Å². The molecule has 0 fully saturated rings. The molecule has 1 aromatic carbocycles. The summed E-state index contributed by atoms with van der Waals surface area (Å²) in [6, 6.07) is 8.06. The molecule has 0 amide bonds. The second-order valence-electron chi connectivity index (χ2n) is 4.84. The largest absolute Gasteiger partial charge is 0.389 e. The lowest BCUT2D eigenvalue weighted by Gasteiger charge is -2.24. The Labute approximate surface area is 98.9 Å². The first-order valence-corrected chi connectivity index (χ1v) is 6.00. The Morgan fingerprint density at radius 2 is 1.81 bits per heavy atom. The number of rotatable bonds is 5. The molecule has 1 N–H and O–H groups in total. The second kappa shape index (κ2) is 5.90. The Hall–Kier alpha value is -1.02. The molecule has 0 aromatic heterocycles. The van der Waals surface area contributed by atoms with Crippen LogP contribution in [0, 0.1) is 5.92 Å². The molecule has 0 saturated carbocycles. The SMILES string of the molecule is CC(C)CCN(C)c1ccccc1C(C)O. The Balaban J connectivity index is 2.77. The Morgan fingerprint density at radius 3 is 2.38 bits per heavy atom. The van der Waals surface area contributed by atoms with E-state index in [1.54, 1.807) is 0 Å². The lowest BCUT2D eigenvalue weighted by atomic mass is 10.1. The number of para-hydroxylation sites is 1. The lowest BCUT2D eigenvalue weighted by Crippen LogP contribution is -2.21. The van der Waals surface area contributed by atoms with Crippen LogP contribution >= 0.6 is 0 Å². The molecule has 16 heavy (non-hydrogen) atoms. The minimum absolute atomic E-state index is 0.405. The molecular formula is C14H23NO. The number of hydrogen-bond acceptors (Lipinski definition) is 2. The van der Waals surface area contributed by atoms with Crippen LogP contribution < -0.4 is 4.90 Å². The van der Waals surface area contributed by atoms with Gasteiger partial charge in [-0.15, -0.1) is 0 Å². The molecule has 0 heterocycles. The summed E-state index contributed by atoms with van der Waals surface area (Å²) in [7, 11) is 2.09. The first-order valence-electron chi connectivity index (χ1n) is 6.00. The molecule has 2 nitrogen and oxygen atoms in total. The monoisotopic (exact) mass is 221 g/mol. The molecule has 90 valence electrons. The van der Waals surface area contributed by atoms with Gasteiger partial charge in [-0.2, -0.15) is 0 Å². The molecule has 2 heteroatoms. The van der Waals surface area contributed by atoms with Gasteiger partial charge in [0, 0.05) is 24.8 Å². The maximum Gasteiger partial charge on any atom is 0.0781 e. The predicted octanol–water partition coefficient (Wildman–Crippen LogP) is 3.22. The van der Waals surface area contributed by atoms with E-state index in [9.17, 15) is 5.11 Å². The van der Waals surface area contributed by atoms with Gasteiger partial charge in [0.2, 0.25) is 0 Å². The third-order valence-corrected chi connectivity index (χ3v) is 2.84. The number of anilines is 1. The van der Waals surface area contributed by atoms with Crippen molar-refractivity contribution in [1.82, 2.24) is 0 Å². The number of aliphatic hydroxyl groups is 1. The van der Waals surface area contributed by atoms with Crippen molar-refractivity contribution in [3.63, 3.8) is 0 Å². The van der Waals surface area contributed by atoms with Gasteiger partial charge in [-0.05, 0) is 25.3 Å². The highest BCUT2D eigenvalue weighted by Crippen LogP contribution is 2.25. The average Bonchev–Trinajstić information content (AvgIpc) is 2.25. The van der Waals surface area contributed by atoms with Crippen molar-refractivity contribution in [2.45, 2.75) is 33.3 Å². The molecule has 1 aromatic rings. The van der Waals surface area contributed by atoms with Gasteiger partial charge >= 0.3 is 0 Å². The highest BCUT2D eigenvalue weighted by molar-refractivity contribution is 5.53. The van der Waals surface area contributed by atoms with Gasteiger partial charge in [0.25, 0.3) is 0 Å². The van der Waals surface area contributed by atoms with E-state index in [4.69, 9.17) is 0 Å². The van der Waals surface area contributed by atoms with Crippen LogP contribution in [0.3, 0.4) is 0 Å². The molecule has 1 rings (SSSR count). The molecule has 0 bridgehead atoms. The number of benzene rings is 1. The van der Waals surface area contributed by atoms with Crippen LogP contribution in [0.5, 0.6) is 0 Å². The van der Waals surface area contributed by atoms with Crippen LogP contribution in [-0.4, -0.2) is 18.7 Å². The Morgan fingerprint density at radius 1 is 1.19 bits per heavy atom. The highest BCUT2D eigenvalue weighted by Gasteiger charge is 2.10. The van der Waals surface area contributed by atoms with E-state index >= 15 is 0 Å². The molecule has 0 spiro atoms. The zero-order valence-electron chi connectivity index (χ0n) is 10.8. The predicted molar refractivity (Wildman–Crippen MR) is 69.8 cm³/mol. The van der Waals surface area contributed by atoms with Crippen molar-refractivity contribution in [3.8, 4) is 0 Å². The number of aliphatic hydroxyl groups excluding tert-OH is 1. The third-order valence-electron chi connectivity index (χ3n) is 2.84. The quantitative estimate of drug-likeness (QED) is 0.825. The molecular weight excluding hydrogens is 198 g/mol. The van der Waals surface area contributed by atoms with Gasteiger partial charge in [-0.3, -0.25) is 0 Å². The highest BCUT2D eigenvalue weighted by atomic mass is 16.3. The van der Waals surface area contributed by atoms with Crippen molar-refractivity contribution in [1.29, 1.82) is 0 Å². The van der Waals surface area contributed by atoms with E-state index < -0.39 is 6.10 Å². The number of hydrogen-bond donors (Lipinski definition) is 1. The topological polar surface area (TPSA) is 23.5 Å². The summed E-state index contributed by atoms with van der Waals surface area (Å²) in [6.45, 7) is 7.30. The Kier molecular flexibility index (Phi) is 4.81. The van der Waals surface area contributed by atoms with E-state index in [1.807, 2.05) is 25.1 Å². The van der Waals surface area contributed by atoms with Crippen LogP contribution in [0.1, 0.15) is 38.9 Å². The number of nitrogens with zero attached hydrogens (tertiary/aromatic N) is 1. The van der Waals surface area contributed by atoms with Crippen LogP contribution in [-0.2, 0) is 0 Å². The maximum atomic E-state index is 9.70. The summed E-state index contributed by atoms with van der Waals surface area (Å²) in [5, 5.41) is 9.70. The van der Waals surface area contributed by atoms with Gasteiger partial charge < -0.3 is 10.0 Å². The molecule has 0 aliphatic heterocycles. The molecule has 0 aliphatic carbocycles. The Bertz CT molecular complexity index is 320. The molecule has 0 aliphatic rings. The summed E-state index contributed by atoms with van der Waals surface area (Å²) in [4.78, 5) is 2.22. The normalized spacial score (nSPS) is 12.9. The zero-order chi connectivity index (χ0) is 12.1. The van der Waals surface area contributed by atoms with Gasteiger partial charge in [0.15, 0.2) is 0 Å². The molecule has 0 radical (unpaired) electrons. The van der Waals surface area contributed by atoms with Crippen LogP contribution in [0.15, 0.2) is 24.3 Å². The summed E-state index contributed by atoms with van der Waals surface area (Å²) >= 11 is 0. The van der Waals surface area contributed by atoms with Crippen LogP contribution in [0.25, 0.3) is 0 Å². The smallest absolute Gasteiger partial charge is 0.0781 e. The average molecular weight is 221 g/mol. The van der Waals surface area contributed by atoms with Gasteiger partial charge in [-0.25, -0.2) is 0 Å². The van der Waals surface area contributed by atoms with Crippen molar-refractivity contribution in [2.24, 2.45) is 5.92 Å². The van der Waals surface area contributed by atoms with Gasteiger partial charge in [-0.1, -0.05) is 32.0 Å². The first-order chi connectivity index (χ1) is 7.52. The fraction of sp³-hybridized carbons (Fsp3) is 0.571. The minimum atomic E-state index is -0.405. The molecule has 0 saturated heterocycles. The summed E-state index contributed by atoms with van der Waals surface area (Å²) in [5.74, 6) is 0.709. The third kappa shape index (κ3) is 3.53. The van der Waals surface area contributed by atoms with E-state index in [-0.39, 0.29) is 0 Å². The molecule has 1 unspecified atom stereocenters. The first kappa shape index (κ1) is 13.0. The van der Waals surface area contributed by atoms with Crippen molar-refractivity contribution in [3.05, 3.63) is 29.8 Å². The van der Waals surface area contributed by atoms with E-state index in [1.165, 1.54) is 6.42 Å². The van der Waals surface area contributed by atoms with Crippen molar-refractivity contribution >= 4 is 5.69 Å². The van der Waals surface area contributed by atoms with Crippen LogP contribution in [0.2, 0.25) is 0 Å². The standard InChI is InChI=1S/C14H23NO/c1-11(2)9-10-15(4)14-8-6-5-7-13(14)12(3)16/h5-8,11-12,16H,9-10H2,1-4H3. The fourth-order valence-corrected chi connectivity index (χ4v) is 1.76. The van der Waals surface area contributed by atoms with Crippen LogP contribution in [0.4, 0.5) is 5.69 Å². The maximum absolute atomic E-state index is 9.70.